The third-order valence-corrected chi connectivity index (χ3v) is 2.97. The minimum absolute atomic E-state index is 0.106. The first-order chi connectivity index (χ1) is 10.2. The lowest BCUT2D eigenvalue weighted by molar-refractivity contribution is -0.120. The Morgan fingerprint density at radius 1 is 1.29 bits per heavy atom. The molecule has 0 spiro atoms. The fourth-order valence-electron chi connectivity index (χ4n) is 1.97. The third kappa shape index (κ3) is 4.27. The minimum Gasteiger partial charge on any atom is -0.492 e. The Morgan fingerprint density at radius 3 is 2.81 bits per heavy atom. The smallest absolute Gasteiger partial charge is 0.239 e. The molecule has 21 heavy (non-hydrogen) atoms. The van der Waals surface area contributed by atoms with Gasteiger partial charge in [0, 0.05) is 0 Å². The van der Waals surface area contributed by atoms with Crippen molar-refractivity contribution >= 4 is 11.6 Å². The SMILES string of the molecule is CCOc1ccccc1NCC(=O)NC(C)c1ccco1. The van der Waals surface area contributed by atoms with E-state index in [1.54, 1.807) is 12.3 Å². The molecular weight excluding hydrogens is 268 g/mol. The van der Waals surface area contributed by atoms with Crippen LogP contribution in [0.1, 0.15) is 25.6 Å². The monoisotopic (exact) mass is 288 g/mol. The number of carbonyl (C=O) groups excluding carboxylic acids is 1. The van der Waals surface area contributed by atoms with E-state index < -0.39 is 0 Å². The van der Waals surface area contributed by atoms with Crippen LogP contribution in [0.2, 0.25) is 0 Å². The van der Waals surface area contributed by atoms with Gasteiger partial charge in [0.1, 0.15) is 11.5 Å². The van der Waals surface area contributed by atoms with Crippen molar-refractivity contribution in [3.05, 3.63) is 48.4 Å². The molecule has 1 unspecified atom stereocenters. The third-order valence-electron chi connectivity index (χ3n) is 2.97. The fourth-order valence-corrected chi connectivity index (χ4v) is 1.97. The molecule has 1 aromatic carbocycles. The van der Waals surface area contributed by atoms with Crippen molar-refractivity contribution in [2.45, 2.75) is 19.9 Å². The zero-order chi connectivity index (χ0) is 15.1. The van der Waals surface area contributed by atoms with Gasteiger partial charge < -0.3 is 19.8 Å². The Kier molecular flexibility index (Phi) is 5.26. The number of para-hydroxylation sites is 2. The standard InChI is InChI=1S/C16H20N2O3/c1-3-20-15-8-5-4-7-13(15)17-11-16(19)18-12(2)14-9-6-10-21-14/h4-10,12,17H,3,11H2,1-2H3,(H,18,19). The van der Waals surface area contributed by atoms with Crippen molar-refractivity contribution in [3.8, 4) is 5.75 Å². The number of amides is 1. The summed E-state index contributed by atoms with van der Waals surface area (Å²) >= 11 is 0. The molecule has 0 radical (unpaired) electrons. The number of furan rings is 1. The molecule has 0 saturated heterocycles. The molecule has 5 heteroatoms. The second-order valence-corrected chi connectivity index (χ2v) is 4.59. The summed E-state index contributed by atoms with van der Waals surface area (Å²) in [6.07, 6.45) is 1.59. The summed E-state index contributed by atoms with van der Waals surface area (Å²) in [5, 5.41) is 5.95. The van der Waals surface area contributed by atoms with Crippen molar-refractivity contribution in [1.82, 2.24) is 5.32 Å². The van der Waals surface area contributed by atoms with E-state index in [0.29, 0.717) is 6.61 Å². The first-order valence-electron chi connectivity index (χ1n) is 6.99. The molecule has 112 valence electrons. The Hall–Kier alpha value is -2.43. The largest absolute Gasteiger partial charge is 0.492 e. The molecule has 2 rings (SSSR count). The van der Waals surface area contributed by atoms with E-state index >= 15 is 0 Å². The average Bonchev–Trinajstić information content (AvgIpc) is 3.01. The lowest BCUT2D eigenvalue weighted by Crippen LogP contribution is -2.31. The highest BCUT2D eigenvalue weighted by Gasteiger charge is 2.12. The zero-order valence-corrected chi connectivity index (χ0v) is 12.3. The van der Waals surface area contributed by atoms with Crippen LogP contribution in [0.3, 0.4) is 0 Å². The van der Waals surface area contributed by atoms with E-state index in [0.717, 1.165) is 17.2 Å². The molecule has 2 N–H and O–H groups in total. The highest BCUT2D eigenvalue weighted by atomic mass is 16.5. The number of anilines is 1. The fraction of sp³-hybridized carbons (Fsp3) is 0.312. The van der Waals surface area contributed by atoms with Crippen molar-refractivity contribution in [2.75, 3.05) is 18.5 Å². The molecule has 0 aliphatic rings. The van der Waals surface area contributed by atoms with Gasteiger partial charge in [-0.3, -0.25) is 4.79 Å². The number of carbonyl (C=O) groups is 1. The van der Waals surface area contributed by atoms with Gasteiger partial charge in [0.25, 0.3) is 0 Å². The van der Waals surface area contributed by atoms with E-state index in [2.05, 4.69) is 10.6 Å². The molecule has 1 aromatic heterocycles. The number of rotatable bonds is 7. The molecule has 0 aliphatic heterocycles. The van der Waals surface area contributed by atoms with Crippen molar-refractivity contribution in [2.24, 2.45) is 0 Å². The summed E-state index contributed by atoms with van der Waals surface area (Å²) in [6.45, 7) is 4.56. The number of hydrogen-bond donors (Lipinski definition) is 2. The van der Waals surface area contributed by atoms with E-state index in [4.69, 9.17) is 9.15 Å². The average molecular weight is 288 g/mol. The van der Waals surface area contributed by atoms with Crippen molar-refractivity contribution < 1.29 is 13.9 Å². The van der Waals surface area contributed by atoms with Crippen molar-refractivity contribution in [3.63, 3.8) is 0 Å². The Balaban J connectivity index is 1.86. The van der Waals surface area contributed by atoms with Crippen molar-refractivity contribution in [1.29, 1.82) is 0 Å². The molecule has 1 heterocycles. The summed E-state index contributed by atoms with van der Waals surface area (Å²) in [5.74, 6) is 1.37. The van der Waals surface area contributed by atoms with Gasteiger partial charge in [-0.2, -0.15) is 0 Å². The van der Waals surface area contributed by atoms with Crippen LogP contribution >= 0.6 is 0 Å². The highest BCUT2D eigenvalue weighted by molar-refractivity contribution is 5.81. The van der Waals surface area contributed by atoms with E-state index in [-0.39, 0.29) is 18.5 Å². The molecule has 1 atom stereocenters. The maximum absolute atomic E-state index is 11.9. The number of hydrogen-bond acceptors (Lipinski definition) is 4. The molecular formula is C16H20N2O3. The van der Waals surface area contributed by atoms with E-state index in [9.17, 15) is 4.79 Å². The first-order valence-corrected chi connectivity index (χ1v) is 6.99. The van der Waals surface area contributed by atoms with Crippen LogP contribution in [0.4, 0.5) is 5.69 Å². The minimum atomic E-state index is -0.156. The normalized spacial score (nSPS) is 11.7. The Bertz CT molecular complexity index is 567. The molecule has 1 amide bonds. The second-order valence-electron chi connectivity index (χ2n) is 4.59. The molecule has 5 nitrogen and oxygen atoms in total. The first kappa shape index (κ1) is 15.0. The topological polar surface area (TPSA) is 63.5 Å². The predicted octanol–water partition coefficient (Wildman–Crippen LogP) is 2.97. The van der Waals surface area contributed by atoms with Gasteiger partial charge in [-0.15, -0.1) is 0 Å². The van der Waals surface area contributed by atoms with Gasteiger partial charge in [-0.1, -0.05) is 12.1 Å². The second kappa shape index (κ2) is 7.38. The van der Waals surface area contributed by atoms with Crippen LogP contribution in [-0.4, -0.2) is 19.1 Å². The number of nitrogens with one attached hydrogen (secondary N) is 2. The number of ether oxygens (including phenoxy) is 1. The summed E-state index contributed by atoms with van der Waals surface area (Å²) in [4.78, 5) is 11.9. The van der Waals surface area contributed by atoms with Gasteiger partial charge in [0.15, 0.2) is 0 Å². The van der Waals surface area contributed by atoms with Gasteiger partial charge >= 0.3 is 0 Å². The van der Waals surface area contributed by atoms with Crippen LogP contribution < -0.4 is 15.4 Å². The van der Waals surface area contributed by atoms with Crippen LogP contribution in [-0.2, 0) is 4.79 Å². The summed E-state index contributed by atoms with van der Waals surface area (Å²) in [6, 6.07) is 11.0. The van der Waals surface area contributed by atoms with E-state index in [1.807, 2.05) is 44.2 Å². The van der Waals surface area contributed by atoms with Crippen LogP contribution in [0.25, 0.3) is 0 Å². The lowest BCUT2D eigenvalue weighted by Gasteiger charge is -2.14. The molecule has 0 aliphatic carbocycles. The summed E-state index contributed by atoms with van der Waals surface area (Å²) in [7, 11) is 0. The van der Waals surface area contributed by atoms with Gasteiger partial charge in [0.2, 0.25) is 5.91 Å². The summed E-state index contributed by atoms with van der Waals surface area (Å²) < 4.78 is 10.8. The van der Waals surface area contributed by atoms with Gasteiger partial charge in [-0.05, 0) is 38.1 Å². The highest BCUT2D eigenvalue weighted by Crippen LogP contribution is 2.23. The molecule has 0 bridgehead atoms. The maximum Gasteiger partial charge on any atom is 0.239 e. The maximum atomic E-state index is 11.9. The van der Waals surface area contributed by atoms with Crippen LogP contribution in [0.5, 0.6) is 5.75 Å². The van der Waals surface area contributed by atoms with Crippen LogP contribution in [0.15, 0.2) is 47.1 Å². The summed E-state index contributed by atoms with van der Waals surface area (Å²) in [5.41, 5.74) is 0.806. The Labute approximate surface area is 124 Å². The molecule has 2 aromatic rings. The zero-order valence-electron chi connectivity index (χ0n) is 12.3. The molecule has 0 saturated carbocycles. The Morgan fingerprint density at radius 2 is 2.10 bits per heavy atom. The lowest BCUT2D eigenvalue weighted by atomic mass is 10.2. The van der Waals surface area contributed by atoms with Gasteiger partial charge in [0.05, 0.1) is 31.1 Å². The molecule has 0 fully saturated rings. The van der Waals surface area contributed by atoms with Gasteiger partial charge in [-0.25, -0.2) is 0 Å². The quantitative estimate of drug-likeness (QED) is 0.822. The van der Waals surface area contributed by atoms with Crippen LogP contribution in [0, 0.1) is 0 Å². The number of benzene rings is 1. The predicted molar refractivity (Wildman–Crippen MR) is 81.4 cm³/mol. The van der Waals surface area contributed by atoms with E-state index in [1.165, 1.54) is 0 Å².